The lowest BCUT2D eigenvalue weighted by atomic mass is 10.0. The summed E-state index contributed by atoms with van der Waals surface area (Å²) in [5.74, 6) is 0. The summed E-state index contributed by atoms with van der Waals surface area (Å²) in [5, 5.41) is 0. The van der Waals surface area contributed by atoms with E-state index in [9.17, 15) is 0 Å². The van der Waals surface area contributed by atoms with E-state index in [2.05, 4.69) is 114 Å². The van der Waals surface area contributed by atoms with Crippen molar-refractivity contribution in [3.8, 4) is 0 Å². The van der Waals surface area contributed by atoms with Crippen molar-refractivity contribution >= 4 is 6.08 Å². The number of nitrogens with zero attached hydrogens (tertiary/aromatic N) is 2. The lowest BCUT2D eigenvalue weighted by Gasteiger charge is -2.34. The van der Waals surface area contributed by atoms with Crippen LogP contribution in [0, 0.1) is 6.92 Å². The van der Waals surface area contributed by atoms with Crippen LogP contribution in [0.5, 0.6) is 0 Å². The maximum absolute atomic E-state index is 6.43. The average molecular weight is 427 g/mol. The van der Waals surface area contributed by atoms with Crippen LogP contribution in [0.4, 0.5) is 0 Å². The molecule has 0 amide bonds. The molecule has 3 aromatic carbocycles. The molecule has 1 fully saturated rings. The molecule has 3 nitrogen and oxygen atoms in total. The molecule has 3 aromatic rings. The number of benzene rings is 3. The molecular formula is C29H34N2O. The molecule has 4 rings (SSSR count). The van der Waals surface area contributed by atoms with Crippen molar-refractivity contribution in [1.82, 2.24) is 9.80 Å². The Kier molecular flexibility index (Phi) is 8.27. The molecule has 1 saturated heterocycles. The topological polar surface area (TPSA) is 15.7 Å². The molecule has 0 aromatic heterocycles. The van der Waals surface area contributed by atoms with E-state index in [0.717, 1.165) is 45.9 Å². The van der Waals surface area contributed by atoms with E-state index in [1.807, 2.05) is 0 Å². The van der Waals surface area contributed by atoms with Crippen molar-refractivity contribution in [2.24, 2.45) is 0 Å². The lowest BCUT2D eigenvalue weighted by molar-refractivity contribution is 0.0468. The Morgan fingerprint density at radius 2 is 1.34 bits per heavy atom. The maximum atomic E-state index is 6.43. The summed E-state index contributed by atoms with van der Waals surface area (Å²) < 4.78 is 6.43. The van der Waals surface area contributed by atoms with E-state index >= 15 is 0 Å². The van der Waals surface area contributed by atoms with Crippen LogP contribution in [0.25, 0.3) is 6.08 Å². The van der Waals surface area contributed by atoms with Gasteiger partial charge >= 0.3 is 0 Å². The number of piperazine rings is 1. The van der Waals surface area contributed by atoms with Crippen LogP contribution in [0.3, 0.4) is 0 Å². The minimum absolute atomic E-state index is 0.0128. The molecule has 0 spiro atoms. The number of hydrogen-bond acceptors (Lipinski definition) is 3. The fourth-order valence-corrected chi connectivity index (χ4v) is 4.15. The van der Waals surface area contributed by atoms with Gasteiger partial charge in [0.15, 0.2) is 0 Å². The Bertz CT molecular complexity index is 945. The van der Waals surface area contributed by atoms with Crippen molar-refractivity contribution in [2.75, 3.05) is 45.9 Å². The predicted molar refractivity (Wildman–Crippen MR) is 134 cm³/mol. The van der Waals surface area contributed by atoms with Gasteiger partial charge in [-0.15, -0.1) is 0 Å². The average Bonchev–Trinajstić information content (AvgIpc) is 2.85. The number of aryl methyl sites for hydroxylation is 1. The molecule has 3 heteroatoms. The third kappa shape index (κ3) is 6.64. The fraction of sp³-hybridized carbons (Fsp3) is 0.310. The monoisotopic (exact) mass is 426 g/mol. The first-order valence-corrected chi connectivity index (χ1v) is 11.7. The summed E-state index contributed by atoms with van der Waals surface area (Å²) in [6.07, 6.45) is 4.48. The van der Waals surface area contributed by atoms with Gasteiger partial charge in [0.2, 0.25) is 0 Å². The minimum Gasteiger partial charge on any atom is -0.367 e. The molecule has 1 unspecified atom stereocenters. The molecule has 0 radical (unpaired) electrons. The Hall–Kier alpha value is -2.72. The molecule has 1 aliphatic heterocycles. The van der Waals surface area contributed by atoms with Crippen LogP contribution >= 0.6 is 0 Å². The first-order valence-electron chi connectivity index (χ1n) is 11.7. The van der Waals surface area contributed by atoms with E-state index in [1.54, 1.807) is 0 Å². The van der Waals surface area contributed by atoms with Crippen LogP contribution in [0.2, 0.25) is 0 Å². The van der Waals surface area contributed by atoms with Gasteiger partial charge in [0.25, 0.3) is 0 Å². The second-order valence-electron chi connectivity index (χ2n) is 8.53. The summed E-state index contributed by atoms with van der Waals surface area (Å²) in [5.41, 5.74) is 4.98. The van der Waals surface area contributed by atoms with Gasteiger partial charge in [0.1, 0.15) is 6.10 Å². The molecular weight excluding hydrogens is 392 g/mol. The Labute approximate surface area is 192 Å². The van der Waals surface area contributed by atoms with Crippen molar-refractivity contribution in [1.29, 1.82) is 0 Å². The number of rotatable bonds is 9. The van der Waals surface area contributed by atoms with Gasteiger partial charge in [-0.25, -0.2) is 0 Å². The zero-order chi connectivity index (χ0) is 22.0. The number of ether oxygens (including phenoxy) is 1. The summed E-state index contributed by atoms with van der Waals surface area (Å²) in [4.78, 5) is 5.05. The van der Waals surface area contributed by atoms with Crippen LogP contribution in [-0.2, 0) is 4.74 Å². The second-order valence-corrected chi connectivity index (χ2v) is 8.53. The predicted octanol–water partition coefficient (Wildman–Crippen LogP) is 5.43. The fourth-order valence-electron chi connectivity index (χ4n) is 4.15. The van der Waals surface area contributed by atoms with Crippen molar-refractivity contribution in [2.45, 2.75) is 13.0 Å². The normalized spacial score (nSPS) is 16.4. The third-order valence-corrected chi connectivity index (χ3v) is 6.11. The summed E-state index contributed by atoms with van der Waals surface area (Å²) >= 11 is 0. The largest absolute Gasteiger partial charge is 0.367 e. The summed E-state index contributed by atoms with van der Waals surface area (Å²) in [6.45, 7) is 9.27. The smallest absolute Gasteiger partial charge is 0.108 e. The zero-order valence-electron chi connectivity index (χ0n) is 19.1. The van der Waals surface area contributed by atoms with Gasteiger partial charge in [-0.1, -0.05) is 103 Å². The van der Waals surface area contributed by atoms with Crippen molar-refractivity contribution in [3.63, 3.8) is 0 Å². The Morgan fingerprint density at radius 3 is 2.03 bits per heavy atom. The molecule has 0 aliphatic carbocycles. The maximum Gasteiger partial charge on any atom is 0.108 e. The highest BCUT2D eigenvalue weighted by atomic mass is 16.5. The first kappa shape index (κ1) is 22.5. The summed E-state index contributed by atoms with van der Waals surface area (Å²) in [7, 11) is 0. The van der Waals surface area contributed by atoms with Gasteiger partial charge in [0, 0.05) is 39.3 Å². The molecule has 1 heterocycles. The highest BCUT2D eigenvalue weighted by Gasteiger charge is 2.18. The van der Waals surface area contributed by atoms with Gasteiger partial charge in [-0.05, 0) is 23.6 Å². The van der Waals surface area contributed by atoms with E-state index in [0.29, 0.717) is 0 Å². The number of hydrogen-bond donors (Lipinski definition) is 0. The Balaban J connectivity index is 1.23. The van der Waals surface area contributed by atoms with Gasteiger partial charge in [-0.3, -0.25) is 9.80 Å². The third-order valence-electron chi connectivity index (χ3n) is 6.11. The van der Waals surface area contributed by atoms with Gasteiger partial charge < -0.3 is 4.74 Å². The van der Waals surface area contributed by atoms with Crippen LogP contribution in [0.15, 0.2) is 91.0 Å². The molecule has 1 atom stereocenters. The quantitative estimate of drug-likeness (QED) is 0.454. The zero-order valence-corrected chi connectivity index (χ0v) is 19.1. The Morgan fingerprint density at radius 1 is 0.750 bits per heavy atom. The first-order chi connectivity index (χ1) is 15.8. The van der Waals surface area contributed by atoms with Gasteiger partial charge in [0.05, 0.1) is 6.61 Å². The molecule has 32 heavy (non-hydrogen) atoms. The minimum atomic E-state index is -0.0128. The molecule has 0 bridgehead atoms. The second kappa shape index (κ2) is 11.8. The molecule has 1 aliphatic rings. The summed E-state index contributed by atoms with van der Waals surface area (Å²) in [6, 6.07) is 29.8. The van der Waals surface area contributed by atoms with Crippen molar-refractivity contribution < 1.29 is 4.74 Å². The van der Waals surface area contributed by atoms with E-state index in [1.165, 1.54) is 22.3 Å². The van der Waals surface area contributed by atoms with Crippen LogP contribution < -0.4 is 0 Å². The van der Waals surface area contributed by atoms with Crippen molar-refractivity contribution in [3.05, 3.63) is 113 Å². The lowest BCUT2D eigenvalue weighted by Crippen LogP contribution is -2.47. The molecule has 166 valence electrons. The van der Waals surface area contributed by atoms with Crippen LogP contribution in [0.1, 0.15) is 28.4 Å². The molecule has 0 saturated carbocycles. The highest BCUT2D eigenvalue weighted by Crippen LogP contribution is 2.26. The van der Waals surface area contributed by atoms with E-state index in [-0.39, 0.29) is 6.10 Å². The van der Waals surface area contributed by atoms with Gasteiger partial charge in [-0.2, -0.15) is 0 Å². The highest BCUT2D eigenvalue weighted by molar-refractivity contribution is 5.48. The molecule has 0 N–H and O–H groups in total. The van der Waals surface area contributed by atoms with E-state index < -0.39 is 0 Å². The standard InChI is InChI=1S/C29H34N2O/c1-25-14-16-28(17-15-25)29(27-12-6-3-7-13-27)32-24-23-31-21-19-30(20-22-31)18-8-11-26-9-4-2-5-10-26/h2-17,29H,18-24H2,1H3/b11-8+. The SMILES string of the molecule is Cc1ccc(C(OCCN2CCN(C/C=C/c3ccccc3)CC2)c2ccccc2)cc1. The van der Waals surface area contributed by atoms with Crippen LogP contribution in [-0.4, -0.2) is 55.7 Å². The van der Waals surface area contributed by atoms with E-state index in [4.69, 9.17) is 4.74 Å².